The van der Waals surface area contributed by atoms with Crippen molar-refractivity contribution in [3.05, 3.63) is 46.2 Å². The maximum absolute atomic E-state index is 13.0. The maximum atomic E-state index is 13.0. The largest absolute Gasteiger partial charge is 0.340 e. The lowest BCUT2D eigenvalue weighted by atomic mass is 10.1. The first-order valence-corrected chi connectivity index (χ1v) is 12.5. The molecule has 1 atom stereocenters. The van der Waals surface area contributed by atoms with Crippen molar-refractivity contribution in [1.29, 1.82) is 0 Å². The Kier molecular flexibility index (Phi) is 6.27. The Bertz CT molecular complexity index is 1120. The molecule has 8 nitrogen and oxygen atoms in total. The fourth-order valence-electron chi connectivity index (χ4n) is 4.17. The van der Waals surface area contributed by atoms with Crippen molar-refractivity contribution in [2.45, 2.75) is 25.4 Å². The average molecular weight is 468 g/mol. The van der Waals surface area contributed by atoms with E-state index < -0.39 is 9.84 Å². The van der Waals surface area contributed by atoms with E-state index in [-0.39, 0.29) is 35.6 Å². The zero-order chi connectivity index (χ0) is 22.2. The number of hydrogen-bond acceptors (Lipinski definition) is 6. The summed E-state index contributed by atoms with van der Waals surface area (Å²) in [4.78, 5) is 16.6. The van der Waals surface area contributed by atoms with Gasteiger partial charge in [-0.25, -0.2) is 17.5 Å². The Morgan fingerprint density at radius 1 is 1.19 bits per heavy atom. The van der Waals surface area contributed by atoms with E-state index in [1.165, 1.54) is 12.1 Å². The molecule has 168 valence electrons. The third-order valence-corrected chi connectivity index (χ3v) is 8.25. The molecule has 1 amide bonds. The Morgan fingerprint density at radius 2 is 1.87 bits per heavy atom. The number of piperazine rings is 1. The van der Waals surface area contributed by atoms with Crippen molar-refractivity contribution in [2.75, 3.05) is 37.7 Å². The van der Waals surface area contributed by atoms with Crippen LogP contribution in [0, 0.1) is 10.6 Å². The summed E-state index contributed by atoms with van der Waals surface area (Å²) in [5.41, 5.74) is 0.801. The number of rotatable bonds is 5. The Labute approximate surface area is 186 Å². The molecular formula is C20H26FN5O3S2. The van der Waals surface area contributed by atoms with Crippen LogP contribution in [-0.2, 0) is 34.8 Å². The van der Waals surface area contributed by atoms with E-state index in [1.807, 2.05) is 16.5 Å². The number of nitrogens with zero attached hydrogens (tertiary/aromatic N) is 5. The smallest absolute Gasteiger partial charge is 0.227 e. The number of sulfone groups is 1. The molecule has 1 aromatic carbocycles. The Morgan fingerprint density at radius 3 is 2.48 bits per heavy atom. The molecule has 31 heavy (non-hydrogen) atoms. The van der Waals surface area contributed by atoms with Crippen LogP contribution in [0.15, 0.2) is 24.3 Å². The van der Waals surface area contributed by atoms with Gasteiger partial charge in [-0.05, 0) is 36.3 Å². The number of aromatic nitrogens is 3. The number of benzene rings is 1. The molecule has 0 spiro atoms. The maximum Gasteiger partial charge on any atom is 0.227 e. The molecule has 3 heterocycles. The summed E-state index contributed by atoms with van der Waals surface area (Å²) in [6.07, 6.45) is 0.843. The van der Waals surface area contributed by atoms with Gasteiger partial charge in [0, 0.05) is 39.1 Å². The number of hydrogen-bond donors (Lipinski definition) is 0. The lowest BCUT2D eigenvalue weighted by molar-refractivity contribution is -0.132. The van der Waals surface area contributed by atoms with Crippen molar-refractivity contribution in [1.82, 2.24) is 24.1 Å². The van der Waals surface area contributed by atoms with Gasteiger partial charge in [0.25, 0.3) is 0 Å². The van der Waals surface area contributed by atoms with Gasteiger partial charge in [0.15, 0.2) is 14.6 Å². The highest BCUT2D eigenvalue weighted by atomic mass is 32.2. The minimum Gasteiger partial charge on any atom is -0.340 e. The molecular weight excluding hydrogens is 441 g/mol. The van der Waals surface area contributed by atoms with Crippen LogP contribution in [0.5, 0.6) is 0 Å². The molecule has 4 rings (SSSR count). The molecule has 1 unspecified atom stereocenters. The van der Waals surface area contributed by atoms with E-state index in [2.05, 4.69) is 10.00 Å². The van der Waals surface area contributed by atoms with Crippen LogP contribution >= 0.6 is 12.2 Å². The third kappa shape index (κ3) is 5.04. The zero-order valence-corrected chi connectivity index (χ0v) is 19.0. The predicted octanol–water partition coefficient (Wildman–Crippen LogP) is 1.34. The molecule has 0 radical (unpaired) electrons. The molecule has 2 aromatic rings. The van der Waals surface area contributed by atoms with Crippen molar-refractivity contribution >= 4 is 28.0 Å². The van der Waals surface area contributed by atoms with E-state index in [0.717, 1.165) is 11.4 Å². The summed E-state index contributed by atoms with van der Waals surface area (Å²) in [5, 5.41) is 4.63. The quantitative estimate of drug-likeness (QED) is 0.618. The molecule has 2 fully saturated rings. The summed E-state index contributed by atoms with van der Waals surface area (Å²) in [6.45, 7) is 3.11. The normalized spacial score (nSPS) is 21.5. The van der Waals surface area contributed by atoms with Gasteiger partial charge in [-0.15, -0.1) is 0 Å². The van der Waals surface area contributed by atoms with E-state index in [1.54, 1.807) is 16.8 Å². The van der Waals surface area contributed by atoms with Gasteiger partial charge in [0.1, 0.15) is 11.6 Å². The van der Waals surface area contributed by atoms with E-state index in [0.29, 0.717) is 44.0 Å². The van der Waals surface area contributed by atoms with E-state index in [9.17, 15) is 17.6 Å². The van der Waals surface area contributed by atoms with Crippen LogP contribution in [0.25, 0.3) is 0 Å². The van der Waals surface area contributed by atoms with Crippen LogP contribution < -0.4 is 0 Å². The Balaban J connectivity index is 1.34. The number of carbonyl (C=O) groups is 1. The zero-order valence-electron chi connectivity index (χ0n) is 17.4. The molecule has 0 saturated carbocycles. The van der Waals surface area contributed by atoms with E-state index >= 15 is 0 Å². The Hall–Kier alpha value is -2.11. The van der Waals surface area contributed by atoms with Crippen LogP contribution in [-0.4, -0.2) is 76.2 Å². The molecule has 1 aromatic heterocycles. The van der Waals surface area contributed by atoms with Crippen molar-refractivity contribution < 1.29 is 17.6 Å². The molecule has 0 aliphatic carbocycles. The number of halogens is 1. The first-order chi connectivity index (χ1) is 14.7. The topological polar surface area (TPSA) is 80.4 Å². The van der Waals surface area contributed by atoms with Gasteiger partial charge in [-0.3, -0.25) is 9.69 Å². The summed E-state index contributed by atoms with van der Waals surface area (Å²) in [6, 6.07) is 6.01. The summed E-state index contributed by atoms with van der Waals surface area (Å²) in [5.74, 6) is 0.659. The van der Waals surface area contributed by atoms with E-state index in [4.69, 9.17) is 12.2 Å². The molecule has 2 aliphatic rings. The van der Waals surface area contributed by atoms with Crippen LogP contribution in [0.1, 0.15) is 23.7 Å². The average Bonchev–Trinajstić information content (AvgIpc) is 3.24. The minimum atomic E-state index is -2.99. The van der Waals surface area contributed by atoms with Gasteiger partial charge >= 0.3 is 0 Å². The van der Waals surface area contributed by atoms with Crippen LogP contribution in [0.3, 0.4) is 0 Å². The second-order valence-corrected chi connectivity index (χ2v) is 10.8. The number of amides is 1. The molecule has 11 heteroatoms. The standard InChI is InChI=1S/C20H26FN5O3S2/c1-23-19(16-6-11-31(28,29)13-16)22-26(20(23)30)14-24-7-9-25(10-8-24)18(27)12-15-2-4-17(21)5-3-15/h2-5,16H,6-14H2,1H3. The van der Waals surface area contributed by atoms with Gasteiger partial charge in [0.05, 0.1) is 24.6 Å². The summed E-state index contributed by atoms with van der Waals surface area (Å²) in [7, 11) is -1.16. The highest BCUT2D eigenvalue weighted by Gasteiger charge is 2.32. The van der Waals surface area contributed by atoms with Gasteiger partial charge in [-0.1, -0.05) is 12.1 Å². The lowest BCUT2D eigenvalue weighted by Crippen LogP contribution is -2.49. The molecule has 0 N–H and O–H groups in total. The van der Waals surface area contributed by atoms with Gasteiger partial charge in [-0.2, -0.15) is 5.10 Å². The minimum absolute atomic E-state index is 0.0328. The van der Waals surface area contributed by atoms with Crippen LogP contribution in [0.4, 0.5) is 4.39 Å². The molecule has 2 aliphatic heterocycles. The fourth-order valence-corrected chi connectivity index (χ4v) is 6.10. The lowest BCUT2D eigenvalue weighted by Gasteiger charge is -2.34. The highest BCUT2D eigenvalue weighted by molar-refractivity contribution is 7.91. The van der Waals surface area contributed by atoms with Crippen molar-refractivity contribution in [3.63, 3.8) is 0 Å². The molecule has 0 bridgehead atoms. The van der Waals surface area contributed by atoms with Crippen molar-refractivity contribution in [2.24, 2.45) is 7.05 Å². The fraction of sp³-hybridized carbons (Fsp3) is 0.550. The summed E-state index contributed by atoms with van der Waals surface area (Å²) < 4.78 is 40.8. The monoisotopic (exact) mass is 467 g/mol. The third-order valence-electron chi connectivity index (χ3n) is 6.00. The highest BCUT2D eigenvalue weighted by Crippen LogP contribution is 2.27. The first kappa shape index (κ1) is 22.1. The SMILES string of the molecule is Cn1c(C2CCS(=O)(=O)C2)nn(CN2CCN(C(=O)Cc3ccc(F)cc3)CC2)c1=S. The second-order valence-electron chi connectivity index (χ2n) is 8.24. The second kappa shape index (κ2) is 8.79. The van der Waals surface area contributed by atoms with Gasteiger partial charge < -0.3 is 9.47 Å². The van der Waals surface area contributed by atoms with Crippen molar-refractivity contribution in [3.8, 4) is 0 Å². The summed E-state index contributed by atoms with van der Waals surface area (Å²) >= 11 is 5.52. The van der Waals surface area contributed by atoms with Crippen LogP contribution in [0.2, 0.25) is 0 Å². The first-order valence-electron chi connectivity index (χ1n) is 10.3. The predicted molar refractivity (Wildman–Crippen MR) is 116 cm³/mol. The van der Waals surface area contributed by atoms with Gasteiger partial charge in [0.2, 0.25) is 5.91 Å². The molecule has 2 saturated heterocycles. The number of carbonyl (C=O) groups excluding carboxylic acids is 1.